The molecular weight excluding hydrogens is 412 g/mol. The van der Waals surface area contributed by atoms with Crippen molar-refractivity contribution >= 4 is 34.9 Å². The molecule has 0 saturated heterocycles. The minimum absolute atomic E-state index is 0.140. The molecule has 0 aliphatic heterocycles. The Labute approximate surface area is 187 Å². The van der Waals surface area contributed by atoms with Crippen LogP contribution in [0.2, 0.25) is 5.02 Å². The molecule has 8 heteroatoms. The quantitative estimate of drug-likeness (QED) is 0.499. The van der Waals surface area contributed by atoms with Gasteiger partial charge in [-0.3, -0.25) is 4.68 Å². The first kappa shape index (κ1) is 21.6. The monoisotopic (exact) mass is 440 g/mol. The molecule has 7 nitrogen and oxygen atoms in total. The summed E-state index contributed by atoms with van der Waals surface area (Å²) < 4.78 is 1.79. The summed E-state index contributed by atoms with van der Waals surface area (Å²) in [5.74, 6) is 2.17. The van der Waals surface area contributed by atoms with Crippen molar-refractivity contribution in [1.82, 2.24) is 19.7 Å². The number of benzene rings is 1. The van der Waals surface area contributed by atoms with Gasteiger partial charge in [-0.15, -0.1) is 0 Å². The SMILES string of the molecule is Cc1cc(C2CCC(O)CC2)c(C)cc1Nc1ncc(Cl)c(Nc2cc(C)n(C)n2)n1. The summed E-state index contributed by atoms with van der Waals surface area (Å²) in [7, 11) is 1.89. The Kier molecular flexibility index (Phi) is 6.16. The summed E-state index contributed by atoms with van der Waals surface area (Å²) in [6.45, 7) is 6.22. The van der Waals surface area contributed by atoms with Crippen molar-refractivity contribution in [3.63, 3.8) is 0 Å². The third kappa shape index (κ3) is 4.83. The summed E-state index contributed by atoms with van der Waals surface area (Å²) in [4.78, 5) is 8.89. The van der Waals surface area contributed by atoms with Gasteiger partial charge in [0, 0.05) is 24.5 Å². The number of hydrogen-bond donors (Lipinski definition) is 3. The summed E-state index contributed by atoms with van der Waals surface area (Å²) >= 11 is 6.30. The second-order valence-corrected chi connectivity index (χ2v) is 8.87. The predicted molar refractivity (Wildman–Crippen MR) is 125 cm³/mol. The number of anilines is 4. The number of aryl methyl sites for hydroxylation is 4. The van der Waals surface area contributed by atoms with E-state index in [9.17, 15) is 5.11 Å². The van der Waals surface area contributed by atoms with Gasteiger partial charge in [-0.25, -0.2) is 4.98 Å². The molecule has 0 unspecified atom stereocenters. The molecule has 3 N–H and O–H groups in total. The number of aliphatic hydroxyl groups excluding tert-OH is 1. The van der Waals surface area contributed by atoms with Crippen LogP contribution in [0.4, 0.5) is 23.3 Å². The minimum atomic E-state index is -0.140. The second-order valence-electron chi connectivity index (χ2n) is 8.46. The Morgan fingerprint density at radius 2 is 1.77 bits per heavy atom. The zero-order valence-electron chi connectivity index (χ0n) is 18.4. The number of hydrogen-bond acceptors (Lipinski definition) is 6. The highest BCUT2D eigenvalue weighted by Gasteiger charge is 2.22. The lowest BCUT2D eigenvalue weighted by atomic mass is 9.80. The molecular formula is C23H29ClN6O. The molecule has 1 fully saturated rings. The lowest BCUT2D eigenvalue weighted by Crippen LogP contribution is -2.17. The van der Waals surface area contributed by atoms with Gasteiger partial charge in [0.1, 0.15) is 5.02 Å². The maximum Gasteiger partial charge on any atom is 0.229 e. The topological polar surface area (TPSA) is 87.9 Å². The van der Waals surface area contributed by atoms with E-state index in [4.69, 9.17) is 11.6 Å². The number of aromatic nitrogens is 4. The Morgan fingerprint density at radius 1 is 1.03 bits per heavy atom. The maximum absolute atomic E-state index is 9.81. The fourth-order valence-electron chi connectivity index (χ4n) is 4.18. The number of nitrogens with zero attached hydrogens (tertiary/aromatic N) is 4. The fraction of sp³-hybridized carbons (Fsp3) is 0.435. The van der Waals surface area contributed by atoms with Crippen molar-refractivity contribution in [3.05, 3.63) is 51.8 Å². The molecule has 1 aliphatic rings. The average molecular weight is 441 g/mol. The van der Waals surface area contributed by atoms with Crippen LogP contribution >= 0.6 is 11.6 Å². The van der Waals surface area contributed by atoms with Gasteiger partial charge >= 0.3 is 0 Å². The van der Waals surface area contributed by atoms with Crippen molar-refractivity contribution in [2.24, 2.45) is 7.05 Å². The normalized spacial score (nSPS) is 18.8. The number of aliphatic hydroxyl groups is 1. The van der Waals surface area contributed by atoms with E-state index in [1.165, 1.54) is 11.1 Å². The van der Waals surface area contributed by atoms with Gasteiger partial charge in [0.05, 0.1) is 12.3 Å². The van der Waals surface area contributed by atoms with Gasteiger partial charge < -0.3 is 15.7 Å². The van der Waals surface area contributed by atoms with Gasteiger partial charge in [-0.1, -0.05) is 17.7 Å². The zero-order chi connectivity index (χ0) is 22.1. The second kappa shape index (κ2) is 8.85. The molecule has 2 heterocycles. The van der Waals surface area contributed by atoms with Crippen LogP contribution in [0.5, 0.6) is 0 Å². The van der Waals surface area contributed by atoms with E-state index in [1.807, 2.05) is 20.0 Å². The summed E-state index contributed by atoms with van der Waals surface area (Å²) in [5, 5.41) is 21.1. The highest BCUT2D eigenvalue weighted by Crippen LogP contribution is 2.37. The molecule has 0 spiro atoms. The summed E-state index contributed by atoms with van der Waals surface area (Å²) in [6.07, 6.45) is 5.28. The van der Waals surface area contributed by atoms with E-state index >= 15 is 0 Å². The minimum Gasteiger partial charge on any atom is -0.393 e. The van der Waals surface area contributed by atoms with Crippen LogP contribution in [-0.2, 0) is 7.05 Å². The van der Waals surface area contributed by atoms with E-state index in [-0.39, 0.29) is 6.10 Å². The van der Waals surface area contributed by atoms with Crippen LogP contribution < -0.4 is 10.6 Å². The van der Waals surface area contributed by atoms with Crippen molar-refractivity contribution in [2.75, 3.05) is 10.6 Å². The van der Waals surface area contributed by atoms with Gasteiger partial charge in [0.25, 0.3) is 0 Å². The standard InChI is InChI=1S/C23H29ClN6O/c1-13-10-20(14(2)9-18(13)16-5-7-17(31)8-6-16)26-23-25-12-19(24)22(28-23)27-21-11-15(3)30(4)29-21/h9-12,16-17,31H,5-8H2,1-4H3,(H2,25,26,27,28,29). The number of halogens is 1. The van der Waals surface area contributed by atoms with Crippen molar-refractivity contribution in [1.29, 1.82) is 0 Å². The Morgan fingerprint density at radius 3 is 2.45 bits per heavy atom. The molecule has 1 saturated carbocycles. The zero-order valence-corrected chi connectivity index (χ0v) is 19.2. The van der Waals surface area contributed by atoms with Gasteiger partial charge in [0.15, 0.2) is 11.6 Å². The van der Waals surface area contributed by atoms with Crippen molar-refractivity contribution in [2.45, 2.75) is 58.5 Å². The molecule has 4 rings (SSSR count). The van der Waals surface area contributed by atoms with Crippen molar-refractivity contribution in [3.8, 4) is 0 Å². The van der Waals surface area contributed by atoms with E-state index in [1.54, 1.807) is 10.9 Å². The van der Waals surface area contributed by atoms with Gasteiger partial charge in [0.2, 0.25) is 5.95 Å². The van der Waals surface area contributed by atoms with E-state index in [2.05, 4.69) is 51.7 Å². The first-order valence-corrected chi connectivity index (χ1v) is 11.0. The molecule has 0 bridgehead atoms. The molecule has 31 heavy (non-hydrogen) atoms. The van der Waals surface area contributed by atoms with Crippen molar-refractivity contribution < 1.29 is 5.11 Å². The highest BCUT2D eigenvalue weighted by atomic mass is 35.5. The average Bonchev–Trinajstić information content (AvgIpc) is 3.05. The van der Waals surface area contributed by atoms with E-state index in [0.29, 0.717) is 28.5 Å². The largest absolute Gasteiger partial charge is 0.393 e. The van der Waals surface area contributed by atoms with Crippen LogP contribution in [0, 0.1) is 20.8 Å². The highest BCUT2D eigenvalue weighted by molar-refractivity contribution is 6.32. The molecule has 0 radical (unpaired) electrons. The Hall–Kier alpha value is -2.64. The molecule has 164 valence electrons. The molecule has 3 aromatic rings. The predicted octanol–water partition coefficient (Wildman–Crippen LogP) is 5.29. The van der Waals surface area contributed by atoms with Crippen LogP contribution in [0.3, 0.4) is 0 Å². The first-order valence-electron chi connectivity index (χ1n) is 10.7. The number of rotatable bonds is 5. The molecule has 0 atom stereocenters. The Bertz CT molecular complexity index is 1070. The molecule has 1 aliphatic carbocycles. The van der Waals surface area contributed by atoms with Crippen LogP contribution in [0.25, 0.3) is 0 Å². The fourth-order valence-corrected chi connectivity index (χ4v) is 4.32. The van der Waals surface area contributed by atoms with Crippen LogP contribution in [0.1, 0.15) is 54.0 Å². The summed E-state index contributed by atoms with van der Waals surface area (Å²) in [6, 6.07) is 6.34. The van der Waals surface area contributed by atoms with Crippen LogP contribution in [0.15, 0.2) is 24.4 Å². The maximum atomic E-state index is 9.81. The third-order valence-electron chi connectivity index (χ3n) is 6.10. The van der Waals surface area contributed by atoms with E-state index < -0.39 is 0 Å². The lowest BCUT2D eigenvalue weighted by molar-refractivity contribution is 0.122. The first-order chi connectivity index (χ1) is 14.8. The molecule has 0 amide bonds. The number of nitrogens with one attached hydrogen (secondary N) is 2. The third-order valence-corrected chi connectivity index (χ3v) is 6.38. The lowest BCUT2D eigenvalue weighted by Gasteiger charge is -2.27. The Balaban J connectivity index is 1.54. The smallest absolute Gasteiger partial charge is 0.229 e. The molecule has 2 aromatic heterocycles. The van der Waals surface area contributed by atoms with E-state index in [0.717, 1.165) is 42.6 Å². The van der Waals surface area contributed by atoms with Gasteiger partial charge in [-0.05, 0) is 75.1 Å². The summed E-state index contributed by atoms with van der Waals surface area (Å²) in [5.41, 5.74) is 5.76. The molecule has 1 aromatic carbocycles. The van der Waals surface area contributed by atoms with Crippen LogP contribution in [-0.4, -0.2) is 31.0 Å². The van der Waals surface area contributed by atoms with Gasteiger partial charge in [-0.2, -0.15) is 10.1 Å².